The first-order valence-electron chi connectivity index (χ1n) is 11.6. The molecule has 6 rings (SSSR count). The first-order valence-corrected chi connectivity index (χ1v) is 12.8. The summed E-state index contributed by atoms with van der Waals surface area (Å²) in [7, 11) is 0. The van der Waals surface area contributed by atoms with Crippen molar-refractivity contribution in [1.82, 2.24) is 15.2 Å². The number of ether oxygens (including phenoxy) is 2. The van der Waals surface area contributed by atoms with Gasteiger partial charge in [0.05, 0.1) is 27.3 Å². The fourth-order valence-corrected chi connectivity index (χ4v) is 6.11. The standard InChI is InChI=1S/C24H21ClN6O4S/c25-14-4-5-15-20(35-12-34-15)19(14)31-18-13(10-26)11-28-23-16(18)17(29-24(31)33)21(36-23)22(32)27-6-9-30-7-2-1-3-8-30/h4-5,11H,1-3,6-9,12H2,(H,27,32)(H,29,33). The molecule has 0 unspecified atom stereocenters. The van der Waals surface area contributed by atoms with Crippen LogP contribution in [0.3, 0.4) is 0 Å². The molecule has 0 atom stereocenters. The molecule has 3 aliphatic heterocycles. The number of likely N-dealkylation sites (tertiary alicyclic amines) is 1. The highest BCUT2D eigenvalue weighted by atomic mass is 35.5. The Morgan fingerprint density at radius 2 is 2.08 bits per heavy atom. The molecule has 3 amide bonds. The zero-order chi connectivity index (χ0) is 24.8. The van der Waals surface area contributed by atoms with E-state index in [-0.39, 0.29) is 29.0 Å². The Bertz CT molecular complexity index is 1440. The van der Waals surface area contributed by atoms with Crippen LogP contribution in [0.25, 0.3) is 10.2 Å². The second kappa shape index (κ2) is 9.13. The maximum Gasteiger partial charge on any atom is 0.331 e. The van der Waals surface area contributed by atoms with Gasteiger partial charge in [0, 0.05) is 19.3 Å². The molecule has 12 heteroatoms. The largest absolute Gasteiger partial charge is 0.454 e. The second-order valence-corrected chi connectivity index (χ2v) is 10.1. The number of thiophene rings is 1. The summed E-state index contributed by atoms with van der Waals surface area (Å²) in [6.45, 7) is 3.34. The maximum absolute atomic E-state index is 13.5. The van der Waals surface area contributed by atoms with Gasteiger partial charge in [0.25, 0.3) is 5.91 Å². The van der Waals surface area contributed by atoms with E-state index in [1.807, 2.05) is 0 Å². The van der Waals surface area contributed by atoms with Gasteiger partial charge in [-0.05, 0) is 38.1 Å². The van der Waals surface area contributed by atoms with E-state index in [1.54, 1.807) is 12.1 Å². The van der Waals surface area contributed by atoms with Crippen LogP contribution in [0, 0.1) is 11.3 Å². The van der Waals surface area contributed by atoms with E-state index in [0.717, 1.165) is 19.6 Å². The topological polar surface area (TPSA) is 120 Å². The van der Waals surface area contributed by atoms with Crippen LogP contribution in [0.1, 0.15) is 34.5 Å². The smallest absolute Gasteiger partial charge is 0.331 e. The summed E-state index contributed by atoms with van der Waals surface area (Å²) in [5.74, 6) is 0.454. The third-order valence-electron chi connectivity index (χ3n) is 6.53. The number of pyridine rings is 1. The Balaban J connectivity index is 1.40. The highest BCUT2D eigenvalue weighted by Crippen LogP contribution is 2.53. The number of piperidine rings is 1. The van der Waals surface area contributed by atoms with Gasteiger partial charge in [-0.2, -0.15) is 5.26 Å². The first kappa shape index (κ1) is 22.8. The normalized spacial score (nSPS) is 16.7. The number of anilines is 3. The third-order valence-corrected chi connectivity index (χ3v) is 7.93. The lowest BCUT2D eigenvalue weighted by molar-refractivity contribution is 0.0951. The number of nitrogens with zero attached hydrogens (tertiary/aromatic N) is 4. The van der Waals surface area contributed by atoms with Crippen molar-refractivity contribution in [2.45, 2.75) is 19.3 Å². The highest BCUT2D eigenvalue weighted by Gasteiger charge is 2.38. The van der Waals surface area contributed by atoms with E-state index >= 15 is 0 Å². The van der Waals surface area contributed by atoms with Crippen LogP contribution in [0.5, 0.6) is 11.5 Å². The third kappa shape index (κ3) is 3.69. The van der Waals surface area contributed by atoms with Crippen LogP contribution in [-0.4, -0.2) is 54.8 Å². The molecule has 0 spiro atoms. The Morgan fingerprint density at radius 3 is 2.89 bits per heavy atom. The Hall–Kier alpha value is -3.59. The fourth-order valence-electron chi connectivity index (χ4n) is 4.85. The number of halogens is 1. The van der Waals surface area contributed by atoms with Crippen molar-refractivity contribution in [3.8, 4) is 17.6 Å². The van der Waals surface area contributed by atoms with Gasteiger partial charge in [0.1, 0.15) is 21.5 Å². The Kier molecular flexibility index (Phi) is 5.79. The molecule has 5 heterocycles. The maximum atomic E-state index is 13.5. The number of urea groups is 1. The van der Waals surface area contributed by atoms with Gasteiger partial charge in [-0.25, -0.2) is 9.78 Å². The minimum atomic E-state index is -0.571. The molecular formula is C24H21ClN6O4S. The molecule has 1 fully saturated rings. The number of fused-ring (bicyclic) bond motifs is 1. The molecule has 36 heavy (non-hydrogen) atoms. The summed E-state index contributed by atoms with van der Waals surface area (Å²) in [4.78, 5) is 35.6. The van der Waals surface area contributed by atoms with Crippen LogP contribution in [0.2, 0.25) is 5.02 Å². The number of hydrogen-bond donors (Lipinski definition) is 2. The van der Waals surface area contributed by atoms with Crippen LogP contribution in [0.4, 0.5) is 21.9 Å². The van der Waals surface area contributed by atoms with Crippen molar-refractivity contribution in [3.05, 3.63) is 33.8 Å². The zero-order valence-corrected chi connectivity index (χ0v) is 20.7. The Labute approximate surface area is 215 Å². The molecule has 1 saturated heterocycles. The number of nitrogens with one attached hydrogen (secondary N) is 2. The van der Waals surface area contributed by atoms with E-state index in [1.165, 1.54) is 41.7 Å². The van der Waals surface area contributed by atoms with Gasteiger partial charge in [-0.1, -0.05) is 18.0 Å². The molecule has 0 bridgehead atoms. The average Bonchev–Trinajstić information content (AvgIpc) is 3.51. The van der Waals surface area contributed by atoms with E-state index in [9.17, 15) is 14.9 Å². The quantitative estimate of drug-likeness (QED) is 0.506. The number of amides is 3. The highest BCUT2D eigenvalue weighted by molar-refractivity contribution is 7.21. The molecule has 0 radical (unpaired) electrons. The summed E-state index contributed by atoms with van der Waals surface area (Å²) in [5, 5.41) is 16.4. The summed E-state index contributed by atoms with van der Waals surface area (Å²) in [5.41, 5.74) is 1.07. The molecule has 0 saturated carbocycles. The van der Waals surface area contributed by atoms with Crippen molar-refractivity contribution >= 4 is 62.2 Å². The number of carbonyl (C=O) groups excluding carboxylic acids is 2. The number of carbonyl (C=O) groups is 2. The number of hydrogen-bond acceptors (Lipinski definition) is 8. The van der Waals surface area contributed by atoms with Gasteiger partial charge in [0.2, 0.25) is 6.79 Å². The van der Waals surface area contributed by atoms with Crippen molar-refractivity contribution in [2.75, 3.05) is 43.2 Å². The molecule has 10 nitrogen and oxygen atoms in total. The molecule has 3 aromatic rings. The van der Waals surface area contributed by atoms with Crippen molar-refractivity contribution < 1.29 is 19.1 Å². The van der Waals surface area contributed by atoms with Gasteiger partial charge in [0.15, 0.2) is 11.5 Å². The molecule has 2 aromatic heterocycles. The van der Waals surface area contributed by atoms with Gasteiger partial charge < -0.3 is 25.0 Å². The summed E-state index contributed by atoms with van der Waals surface area (Å²) in [6, 6.07) is 4.81. The predicted octanol–water partition coefficient (Wildman–Crippen LogP) is 4.45. The monoisotopic (exact) mass is 524 g/mol. The number of nitriles is 1. The van der Waals surface area contributed by atoms with E-state index in [2.05, 4.69) is 26.6 Å². The lowest BCUT2D eigenvalue weighted by Gasteiger charge is -2.30. The number of aromatic nitrogens is 1. The van der Waals surface area contributed by atoms with Crippen LogP contribution < -0.4 is 25.0 Å². The molecule has 0 aliphatic carbocycles. The van der Waals surface area contributed by atoms with Crippen molar-refractivity contribution in [3.63, 3.8) is 0 Å². The molecule has 184 valence electrons. The molecule has 2 N–H and O–H groups in total. The van der Waals surface area contributed by atoms with Crippen molar-refractivity contribution in [1.29, 1.82) is 5.26 Å². The molecular weight excluding hydrogens is 504 g/mol. The van der Waals surface area contributed by atoms with Crippen LogP contribution in [-0.2, 0) is 0 Å². The van der Waals surface area contributed by atoms with E-state index in [4.69, 9.17) is 21.1 Å². The van der Waals surface area contributed by atoms with E-state index in [0.29, 0.717) is 44.5 Å². The predicted molar refractivity (Wildman–Crippen MR) is 136 cm³/mol. The van der Waals surface area contributed by atoms with E-state index < -0.39 is 6.03 Å². The summed E-state index contributed by atoms with van der Waals surface area (Å²) in [6.07, 6.45) is 5.01. The average molecular weight is 525 g/mol. The number of rotatable bonds is 5. The number of benzene rings is 1. The zero-order valence-electron chi connectivity index (χ0n) is 19.1. The molecule has 1 aromatic carbocycles. The second-order valence-electron chi connectivity index (χ2n) is 8.67. The minimum absolute atomic E-state index is 0.0134. The van der Waals surface area contributed by atoms with Gasteiger partial charge >= 0.3 is 6.03 Å². The van der Waals surface area contributed by atoms with Gasteiger partial charge in [-0.15, -0.1) is 11.3 Å². The first-order chi connectivity index (χ1) is 17.6. The lowest BCUT2D eigenvalue weighted by Crippen LogP contribution is -2.38. The summed E-state index contributed by atoms with van der Waals surface area (Å²) < 4.78 is 11.1. The Morgan fingerprint density at radius 1 is 1.25 bits per heavy atom. The minimum Gasteiger partial charge on any atom is -0.454 e. The SMILES string of the molecule is N#Cc1cnc2sc(C(=O)NCCN3CCCCC3)c3c2c1N(c1c(Cl)ccc2c1OCO2)C(=O)N3. The van der Waals surface area contributed by atoms with Crippen molar-refractivity contribution in [2.24, 2.45) is 0 Å². The summed E-state index contributed by atoms with van der Waals surface area (Å²) >= 11 is 7.69. The molecule has 3 aliphatic rings. The fraction of sp³-hybridized carbons (Fsp3) is 0.333. The van der Waals surface area contributed by atoms with Crippen LogP contribution in [0.15, 0.2) is 18.3 Å². The van der Waals surface area contributed by atoms with Gasteiger partial charge in [-0.3, -0.25) is 9.69 Å². The lowest BCUT2D eigenvalue weighted by atomic mass is 10.1. The van der Waals surface area contributed by atoms with Crippen LogP contribution >= 0.6 is 22.9 Å².